The zero-order chi connectivity index (χ0) is 8.97. The maximum absolute atomic E-state index is 12.4. The predicted molar refractivity (Wildman–Crippen MR) is 50.5 cm³/mol. The molecule has 64 valence electrons. The van der Waals surface area contributed by atoms with E-state index in [1.807, 2.05) is 0 Å². The molecule has 0 aromatic heterocycles. The maximum Gasteiger partial charge on any atom is 0.196 e. The van der Waals surface area contributed by atoms with Crippen molar-refractivity contribution in [3.8, 4) is 0 Å². The van der Waals surface area contributed by atoms with Gasteiger partial charge in [0.2, 0.25) is 0 Å². The Morgan fingerprint density at radius 1 is 1.33 bits per heavy atom. The van der Waals surface area contributed by atoms with Crippen LogP contribution in [-0.2, 0) is 4.79 Å². The summed E-state index contributed by atoms with van der Waals surface area (Å²) < 4.78 is 12.4. The van der Waals surface area contributed by atoms with Gasteiger partial charge in [-0.25, -0.2) is 4.39 Å². The third kappa shape index (κ3) is 3.28. The average molecular weight is 202 g/mol. The third-order valence-electron chi connectivity index (χ3n) is 1.07. The van der Waals surface area contributed by atoms with Gasteiger partial charge in [0.1, 0.15) is 5.82 Å². The summed E-state index contributed by atoms with van der Waals surface area (Å²) >= 11 is 0. The molecular weight excluding hydrogens is 195 g/mol. The molecule has 0 bridgehead atoms. The van der Waals surface area contributed by atoms with Crippen LogP contribution in [-0.4, -0.2) is 5.12 Å². The lowest BCUT2D eigenvalue weighted by molar-refractivity contribution is -0.109. The van der Waals surface area contributed by atoms with Gasteiger partial charge in [-0.05, 0) is 45.9 Å². The van der Waals surface area contributed by atoms with E-state index in [2.05, 4.69) is 0 Å². The van der Waals surface area contributed by atoms with Crippen molar-refractivity contribution in [2.24, 2.45) is 0 Å². The number of hydrogen-bond donors (Lipinski definition) is 0. The number of carbonyl (C=O) groups is 1. The number of carbonyl (C=O) groups excluding carboxylic acids is 1. The normalized spacial score (nSPS) is 9.83. The van der Waals surface area contributed by atoms with Crippen LogP contribution < -0.4 is 0 Å². The summed E-state index contributed by atoms with van der Waals surface area (Å²) in [7, 11) is 2.48. The summed E-state index contributed by atoms with van der Waals surface area (Å²) in [5.41, 5.74) is 0. The van der Waals surface area contributed by atoms with Gasteiger partial charge in [-0.2, -0.15) is 0 Å². The van der Waals surface area contributed by atoms with Crippen molar-refractivity contribution >= 4 is 26.7 Å². The molecule has 0 aliphatic carbocycles. The van der Waals surface area contributed by atoms with Crippen LogP contribution in [0, 0.1) is 5.82 Å². The molecule has 0 unspecified atom stereocenters. The van der Waals surface area contributed by atoms with E-state index in [0.717, 1.165) is 15.7 Å². The zero-order valence-corrected chi connectivity index (χ0v) is 8.05. The Morgan fingerprint density at radius 3 is 2.42 bits per heavy atom. The van der Waals surface area contributed by atoms with Crippen LogP contribution in [0.5, 0.6) is 0 Å². The van der Waals surface area contributed by atoms with E-state index in [9.17, 15) is 9.18 Å². The molecule has 0 N–H and O–H groups in total. The molecule has 12 heavy (non-hydrogen) atoms. The van der Waals surface area contributed by atoms with E-state index < -0.39 is 0 Å². The third-order valence-corrected chi connectivity index (χ3v) is 3.38. The van der Waals surface area contributed by atoms with Crippen molar-refractivity contribution < 1.29 is 9.18 Å². The Morgan fingerprint density at radius 2 is 1.92 bits per heavy atom. The molecule has 0 amide bonds. The highest BCUT2D eigenvalue weighted by Gasteiger charge is 1.97. The Balaban J connectivity index is 2.53. The monoisotopic (exact) mass is 202 g/mol. The quantitative estimate of drug-likeness (QED) is 0.686. The van der Waals surface area contributed by atoms with Crippen molar-refractivity contribution in [1.29, 1.82) is 0 Å². The Kier molecular flexibility index (Phi) is 3.62. The SMILES string of the molecule is CC(=O)SSc1ccc(F)cc1. The minimum atomic E-state index is -0.257. The number of rotatable bonds is 2. The molecule has 0 saturated carbocycles. The van der Waals surface area contributed by atoms with E-state index in [4.69, 9.17) is 0 Å². The van der Waals surface area contributed by atoms with Gasteiger partial charge < -0.3 is 0 Å². The molecule has 0 radical (unpaired) electrons. The molecule has 0 saturated heterocycles. The number of halogens is 1. The van der Waals surface area contributed by atoms with Crippen LogP contribution in [0.15, 0.2) is 29.2 Å². The van der Waals surface area contributed by atoms with Gasteiger partial charge in [0.15, 0.2) is 5.12 Å². The van der Waals surface area contributed by atoms with E-state index in [1.54, 1.807) is 12.1 Å². The van der Waals surface area contributed by atoms with Crippen LogP contribution in [0.2, 0.25) is 0 Å². The lowest BCUT2D eigenvalue weighted by Crippen LogP contribution is -1.76. The first-order valence-electron chi connectivity index (χ1n) is 3.29. The fourth-order valence-corrected chi connectivity index (χ4v) is 2.03. The van der Waals surface area contributed by atoms with Crippen molar-refractivity contribution in [1.82, 2.24) is 0 Å². The minimum absolute atomic E-state index is 0.0457. The number of hydrogen-bond acceptors (Lipinski definition) is 3. The van der Waals surface area contributed by atoms with E-state index in [1.165, 1.54) is 29.9 Å². The van der Waals surface area contributed by atoms with Crippen LogP contribution in [0.1, 0.15) is 6.92 Å². The Bertz CT molecular complexity index is 271. The number of benzene rings is 1. The van der Waals surface area contributed by atoms with Gasteiger partial charge in [0.25, 0.3) is 0 Å². The predicted octanol–water partition coefficient (Wildman–Crippen LogP) is 3.11. The van der Waals surface area contributed by atoms with Crippen LogP contribution in [0.4, 0.5) is 4.39 Å². The highest BCUT2D eigenvalue weighted by atomic mass is 33.1. The van der Waals surface area contributed by atoms with Gasteiger partial charge in [-0.15, -0.1) is 0 Å². The molecule has 1 aromatic carbocycles. The topological polar surface area (TPSA) is 17.1 Å². The van der Waals surface area contributed by atoms with Gasteiger partial charge in [-0.1, -0.05) is 0 Å². The molecule has 1 nitrogen and oxygen atoms in total. The van der Waals surface area contributed by atoms with Crippen LogP contribution >= 0.6 is 21.6 Å². The highest BCUT2D eigenvalue weighted by molar-refractivity contribution is 8.82. The molecular formula is C8H7FOS2. The second-order valence-corrected chi connectivity index (χ2v) is 4.49. The second-order valence-electron chi connectivity index (χ2n) is 2.11. The first-order valence-corrected chi connectivity index (χ1v) is 5.44. The summed E-state index contributed by atoms with van der Waals surface area (Å²) in [6.07, 6.45) is 0. The Hall–Kier alpha value is -0.480. The molecule has 0 aliphatic heterocycles. The highest BCUT2D eigenvalue weighted by Crippen LogP contribution is 2.30. The van der Waals surface area contributed by atoms with Gasteiger partial charge in [0.05, 0.1) is 0 Å². The van der Waals surface area contributed by atoms with E-state index >= 15 is 0 Å². The molecule has 0 spiro atoms. The van der Waals surface area contributed by atoms with Gasteiger partial charge >= 0.3 is 0 Å². The van der Waals surface area contributed by atoms with Gasteiger partial charge in [0, 0.05) is 11.8 Å². The molecule has 4 heteroatoms. The first-order chi connectivity index (χ1) is 5.68. The van der Waals surface area contributed by atoms with Crippen molar-refractivity contribution in [3.05, 3.63) is 30.1 Å². The maximum atomic E-state index is 12.4. The molecule has 1 rings (SSSR count). The van der Waals surface area contributed by atoms with Crippen LogP contribution in [0.25, 0.3) is 0 Å². The molecule has 1 aromatic rings. The minimum Gasteiger partial charge on any atom is -0.287 e. The largest absolute Gasteiger partial charge is 0.287 e. The first kappa shape index (κ1) is 9.61. The van der Waals surface area contributed by atoms with Gasteiger partial charge in [-0.3, -0.25) is 4.79 Å². The lowest BCUT2D eigenvalue weighted by Gasteiger charge is -1.96. The summed E-state index contributed by atoms with van der Waals surface area (Å²) in [5.74, 6) is -0.257. The summed E-state index contributed by atoms with van der Waals surface area (Å²) in [5, 5.41) is 0.0457. The van der Waals surface area contributed by atoms with E-state index in [0.29, 0.717) is 0 Å². The van der Waals surface area contributed by atoms with Crippen molar-refractivity contribution in [3.63, 3.8) is 0 Å². The lowest BCUT2D eigenvalue weighted by atomic mass is 10.4. The molecule has 0 heterocycles. The smallest absolute Gasteiger partial charge is 0.196 e. The summed E-state index contributed by atoms with van der Waals surface area (Å²) in [4.78, 5) is 11.4. The van der Waals surface area contributed by atoms with Crippen LogP contribution in [0.3, 0.4) is 0 Å². The standard InChI is InChI=1S/C8H7FOS2/c1-6(10)11-12-8-4-2-7(9)3-5-8/h2-5H,1H3. The molecule has 0 fully saturated rings. The summed E-state index contributed by atoms with van der Waals surface area (Å²) in [6, 6.07) is 6.05. The molecule has 0 aliphatic rings. The summed E-state index contributed by atoms with van der Waals surface area (Å²) in [6.45, 7) is 1.50. The fraction of sp³-hybridized carbons (Fsp3) is 0.125. The van der Waals surface area contributed by atoms with E-state index in [-0.39, 0.29) is 10.9 Å². The Labute approximate surface area is 78.1 Å². The van der Waals surface area contributed by atoms with Crippen molar-refractivity contribution in [2.75, 3.05) is 0 Å². The zero-order valence-electron chi connectivity index (χ0n) is 6.41. The fourth-order valence-electron chi connectivity index (χ4n) is 0.597. The second kappa shape index (κ2) is 4.52. The molecule has 0 atom stereocenters. The average Bonchev–Trinajstić information content (AvgIpc) is 2.03. The van der Waals surface area contributed by atoms with Crippen molar-refractivity contribution in [2.45, 2.75) is 11.8 Å².